The lowest BCUT2D eigenvalue weighted by Gasteiger charge is -2.06. The fourth-order valence-electron chi connectivity index (χ4n) is 1.65. The maximum absolute atomic E-state index is 5.73. The Bertz CT molecular complexity index is 488. The van der Waals surface area contributed by atoms with Crippen LogP contribution in [0.5, 0.6) is 5.75 Å². The van der Waals surface area contributed by atoms with Crippen LogP contribution in [0.1, 0.15) is 21.0 Å². The monoisotopic (exact) mass is 265 g/mol. The fraction of sp³-hybridized carbons (Fsp3) is 0.308. The summed E-state index contributed by atoms with van der Waals surface area (Å²) in [4.78, 5) is 5.47. The van der Waals surface area contributed by atoms with E-state index >= 15 is 0 Å². The number of aromatic nitrogens is 1. The van der Waals surface area contributed by atoms with E-state index in [1.165, 1.54) is 16.0 Å². The van der Waals surface area contributed by atoms with Gasteiger partial charge in [-0.1, -0.05) is 6.07 Å². The molecule has 0 aliphatic rings. The zero-order valence-corrected chi connectivity index (χ0v) is 11.6. The highest BCUT2D eigenvalue weighted by Gasteiger charge is 2.02. The summed E-state index contributed by atoms with van der Waals surface area (Å²) in [7, 11) is 0. The number of benzene rings is 1. The predicted octanol–water partition coefficient (Wildman–Crippen LogP) is 3.77. The molecule has 0 aliphatic carbocycles. The molecule has 2 aromatic rings. The zero-order chi connectivity index (χ0) is 12.3. The Labute approximate surface area is 111 Å². The smallest absolute Gasteiger partial charge is 0.140 e. The van der Waals surface area contributed by atoms with Gasteiger partial charge < -0.3 is 4.74 Å². The number of aryl methyl sites for hydroxylation is 2. The van der Waals surface area contributed by atoms with Gasteiger partial charge in [-0.15, -0.1) is 11.3 Å². The highest BCUT2D eigenvalue weighted by atomic mass is 32.1. The van der Waals surface area contributed by atoms with Crippen molar-refractivity contribution in [1.82, 2.24) is 4.98 Å². The standard InChI is InChI=1S/C13H15NOS2/c1-9-3-10(2)5-11(4-9)15-7-13-14-6-12(8-16)17-13/h3-6,16H,7-8H2,1-2H3. The third-order valence-electron chi connectivity index (χ3n) is 2.31. The van der Waals surface area contributed by atoms with Crippen LogP contribution in [-0.4, -0.2) is 4.98 Å². The lowest BCUT2D eigenvalue weighted by molar-refractivity contribution is 0.305. The summed E-state index contributed by atoms with van der Waals surface area (Å²) in [5, 5.41) is 0.994. The lowest BCUT2D eigenvalue weighted by Crippen LogP contribution is -1.95. The summed E-state index contributed by atoms with van der Waals surface area (Å²) in [6.45, 7) is 4.67. The number of hydrogen-bond acceptors (Lipinski definition) is 4. The third-order valence-corrected chi connectivity index (χ3v) is 3.84. The lowest BCUT2D eigenvalue weighted by atomic mass is 10.1. The Balaban J connectivity index is 2.01. The van der Waals surface area contributed by atoms with E-state index < -0.39 is 0 Å². The van der Waals surface area contributed by atoms with E-state index in [-0.39, 0.29) is 0 Å². The first kappa shape index (κ1) is 12.5. The number of thiazole rings is 1. The second kappa shape index (κ2) is 5.56. The van der Waals surface area contributed by atoms with E-state index in [0.717, 1.165) is 16.5 Å². The van der Waals surface area contributed by atoms with E-state index in [0.29, 0.717) is 6.61 Å². The van der Waals surface area contributed by atoms with E-state index in [9.17, 15) is 0 Å². The summed E-state index contributed by atoms with van der Waals surface area (Å²) in [5.41, 5.74) is 2.44. The van der Waals surface area contributed by atoms with Gasteiger partial charge in [-0.2, -0.15) is 12.6 Å². The van der Waals surface area contributed by atoms with Crippen molar-refractivity contribution in [2.24, 2.45) is 0 Å². The number of rotatable bonds is 4. The number of hydrogen-bond donors (Lipinski definition) is 1. The molecule has 1 heterocycles. The molecule has 2 rings (SSSR count). The topological polar surface area (TPSA) is 22.1 Å². The Morgan fingerprint density at radius 2 is 1.94 bits per heavy atom. The van der Waals surface area contributed by atoms with Crippen LogP contribution in [0.4, 0.5) is 0 Å². The van der Waals surface area contributed by atoms with Gasteiger partial charge in [0, 0.05) is 16.8 Å². The average molecular weight is 265 g/mol. The van der Waals surface area contributed by atoms with Gasteiger partial charge in [-0.3, -0.25) is 0 Å². The molecule has 90 valence electrons. The van der Waals surface area contributed by atoms with Crippen molar-refractivity contribution in [3.05, 3.63) is 45.4 Å². The minimum Gasteiger partial charge on any atom is -0.486 e. The van der Waals surface area contributed by atoms with Gasteiger partial charge in [0.15, 0.2) is 0 Å². The van der Waals surface area contributed by atoms with Crippen LogP contribution in [0, 0.1) is 13.8 Å². The van der Waals surface area contributed by atoms with E-state index in [4.69, 9.17) is 4.74 Å². The van der Waals surface area contributed by atoms with Crippen LogP contribution >= 0.6 is 24.0 Å². The molecule has 0 spiro atoms. The molecule has 0 N–H and O–H groups in total. The van der Waals surface area contributed by atoms with Gasteiger partial charge >= 0.3 is 0 Å². The molecule has 4 heteroatoms. The quantitative estimate of drug-likeness (QED) is 0.850. The summed E-state index contributed by atoms with van der Waals surface area (Å²) < 4.78 is 5.73. The fourth-order valence-corrected chi connectivity index (χ4v) is 2.62. The molecule has 0 bridgehead atoms. The summed E-state index contributed by atoms with van der Waals surface area (Å²) in [6.07, 6.45) is 1.86. The molecule has 1 aromatic heterocycles. The van der Waals surface area contributed by atoms with E-state index in [1.54, 1.807) is 11.3 Å². The first-order valence-corrected chi connectivity index (χ1v) is 6.88. The van der Waals surface area contributed by atoms with Gasteiger partial charge in [-0.05, 0) is 37.1 Å². The minimum absolute atomic E-state index is 0.529. The van der Waals surface area contributed by atoms with E-state index in [2.05, 4.69) is 37.5 Å². The Morgan fingerprint density at radius 1 is 1.24 bits per heavy atom. The normalized spacial score (nSPS) is 10.5. The van der Waals surface area contributed by atoms with Crippen LogP contribution in [0.2, 0.25) is 0 Å². The number of thiol groups is 1. The van der Waals surface area contributed by atoms with Crippen molar-refractivity contribution in [2.75, 3.05) is 0 Å². The molecule has 0 aliphatic heterocycles. The van der Waals surface area contributed by atoms with Gasteiger partial charge in [0.2, 0.25) is 0 Å². The van der Waals surface area contributed by atoms with Crippen molar-refractivity contribution < 1.29 is 4.74 Å². The zero-order valence-electron chi connectivity index (χ0n) is 9.93. The Morgan fingerprint density at radius 3 is 2.53 bits per heavy atom. The van der Waals surface area contributed by atoms with Crippen molar-refractivity contribution in [3.8, 4) is 5.75 Å². The molecule has 0 amide bonds. The van der Waals surface area contributed by atoms with Crippen molar-refractivity contribution >= 4 is 24.0 Å². The van der Waals surface area contributed by atoms with Gasteiger partial charge in [0.25, 0.3) is 0 Å². The average Bonchev–Trinajstić information content (AvgIpc) is 2.73. The predicted molar refractivity (Wildman–Crippen MR) is 75.1 cm³/mol. The molecule has 0 fully saturated rings. The van der Waals surface area contributed by atoms with Crippen LogP contribution < -0.4 is 4.74 Å². The number of nitrogens with zero attached hydrogens (tertiary/aromatic N) is 1. The van der Waals surface area contributed by atoms with Crippen LogP contribution in [0.3, 0.4) is 0 Å². The first-order chi connectivity index (χ1) is 8.17. The summed E-state index contributed by atoms with van der Waals surface area (Å²) in [6, 6.07) is 6.22. The Hall–Kier alpha value is -1.000. The molecule has 0 saturated carbocycles. The molecule has 1 aromatic carbocycles. The molecule has 2 nitrogen and oxygen atoms in total. The molecule has 0 radical (unpaired) electrons. The molecular weight excluding hydrogens is 250 g/mol. The van der Waals surface area contributed by atoms with Gasteiger partial charge in [-0.25, -0.2) is 4.98 Å². The summed E-state index contributed by atoms with van der Waals surface area (Å²) in [5.74, 6) is 1.64. The Kier molecular flexibility index (Phi) is 4.07. The third kappa shape index (κ3) is 3.48. The highest BCUT2D eigenvalue weighted by molar-refractivity contribution is 7.79. The molecule has 0 atom stereocenters. The second-order valence-electron chi connectivity index (χ2n) is 3.99. The number of ether oxygens (including phenoxy) is 1. The van der Waals surface area contributed by atoms with E-state index in [1.807, 2.05) is 18.3 Å². The summed E-state index contributed by atoms with van der Waals surface area (Å²) >= 11 is 5.87. The second-order valence-corrected chi connectivity index (χ2v) is 5.51. The molecule has 0 saturated heterocycles. The van der Waals surface area contributed by atoms with Crippen molar-refractivity contribution in [3.63, 3.8) is 0 Å². The maximum atomic E-state index is 5.73. The minimum atomic E-state index is 0.529. The van der Waals surface area contributed by atoms with Gasteiger partial charge in [0.1, 0.15) is 17.4 Å². The largest absolute Gasteiger partial charge is 0.486 e. The highest BCUT2D eigenvalue weighted by Crippen LogP contribution is 2.20. The molecular formula is C13H15NOS2. The molecule has 0 unspecified atom stereocenters. The van der Waals surface area contributed by atoms with Gasteiger partial charge in [0.05, 0.1) is 0 Å². The van der Waals surface area contributed by atoms with Crippen LogP contribution in [-0.2, 0) is 12.4 Å². The van der Waals surface area contributed by atoms with Crippen LogP contribution in [0.25, 0.3) is 0 Å². The first-order valence-electron chi connectivity index (χ1n) is 5.43. The van der Waals surface area contributed by atoms with Crippen molar-refractivity contribution in [2.45, 2.75) is 26.2 Å². The SMILES string of the molecule is Cc1cc(C)cc(OCc2ncc(CS)s2)c1. The van der Waals surface area contributed by atoms with Crippen LogP contribution in [0.15, 0.2) is 24.4 Å². The van der Waals surface area contributed by atoms with Crippen molar-refractivity contribution in [1.29, 1.82) is 0 Å². The maximum Gasteiger partial charge on any atom is 0.140 e. The molecule has 17 heavy (non-hydrogen) atoms.